The predicted molar refractivity (Wildman–Crippen MR) is 90.1 cm³/mol. The van der Waals surface area contributed by atoms with Crippen molar-refractivity contribution >= 4 is 29.3 Å². The zero-order valence-corrected chi connectivity index (χ0v) is 14.9. The number of nitrogens with one attached hydrogen (secondary N) is 1. The molecule has 0 fully saturated rings. The van der Waals surface area contributed by atoms with Crippen molar-refractivity contribution in [2.24, 2.45) is 0 Å². The Hall–Kier alpha value is -2.67. The fraction of sp³-hybridized carbons (Fsp3) is 0.294. The lowest BCUT2D eigenvalue weighted by molar-refractivity contribution is 0.0316. The molecule has 0 spiro atoms. The van der Waals surface area contributed by atoms with Crippen molar-refractivity contribution in [2.45, 2.75) is 26.9 Å². The average molecular weight is 365 g/mol. The second kappa shape index (κ2) is 7.48. The van der Waals surface area contributed by atoms with E-state index >= 15 is 0 Å². The molecule has 0 amide bonds. The number of aryl methyl sites for hydroxylation is 1. The molecule has 0 aliphatic rings. The number of rotatable bonds is 5. The molecule has 132 valence electrons. The van der Waals surface area contributed by atoms with Gasteiger partial charge < -0.3 is 14.5 Å². The summed E-state index contributed by atoms with van der Waals surface area (Å²) in [6.45, 7) is 4.74. The number of nitrogens with zero attached hydrogens (tertiary/aromatic N) is 1. The van der Waals surface area contributed by atoms with Crippen molar-refractivity contribution in [3.63, 3.8) is 0 Å². The van der Waals surface area contributed by atoms with Gasteiger partial charge in [0.2, 0.25) is 5.78 Å². The average Bonchev–Trinajstić information content (AvgIpc) is 2.88. The zero-order chi connectivity index (χ0) is 18.7. The zero-order valence-electron chi connectivity index (χ0n) is 14.2. The van der Waals surface area contributed by atoms with Crippen LogP contribution in [0.25, 0.3) is 0 Å². The van der Waals surface area contributed by atoms with Crippen molar-refractivity contribution < 1.29 is 23.9 Å². The van der Waals surface area contributed by atoms with E-state index in [2.05, 4.69) is 9.97 Å². The third-order valence-electron chi connectivity index (χ3n) is 3.69. The first-order valence-electron chi connectivity index (χ1n) is 7.40. The quantitative estimate of drug-likeness (QED) is 0.497. The number of carbonyl (C=O) groups is 3. The lowest BCUT2D eigenvalue weighted by Crippen LogP contribution is -2.25. The van der Waals surface area contributed by atoms with E-state index in [4.69, 9.17) is 21.1 Å². The summed E-state index contributed by atoms with van der Waals surface area (Å²) in [6, 6.07) is 2.90. The second-order valence-electron chi connectivity index (χ2n) is 5.40. The van der Waals surface area contributed by atoms with Crippen LogP contribution in [-0.4, -0.2) is 40.9 Å². The van der Waals surface area contributed by atoms with E-state index in [0.29, 0.717) is 16.8 Å². The van der Waals surface area contributed by atoms with Crippen LogP contribution in [0, 0.1) is 13.8 Å². The highest BCUT2D eigenvalue weighted by Gasteiger charge is 2.27. The first-order chi connectivity index (χ1) is 11.8. The molecule has 8 heteroatoms. The minimum Gasteiger partial charge on any atom is -0.465 e. The van der Waals surface area contributed by atoms with Gasteiger partial charge in [-0.3, -0.25) is 4.79 Å². The summed E-state index contributed by atoms with van der Waals surface area (Å²) in [5, 5.41) is 0.244. The molecule has 2 aromatic rings. The van der Waals surface area contributed by atoms with E-state index in [0.717, 1.165) is 0 Å². The van der Waals surface area contributed by atoms with Crippen molar-refractivity contribution in [1.29, 1.82) is 0 Å². The van der Waals surface area contributed by atoms with E-state index in [-0.39, 0.29) is 16.4 Å². The molecule has 0 aliphatic heterocycles. The molecule has 2 rings (SSSR count). The normalized spacial score (nSPS) is 11.7. The van der Waals surface area contributed by atoms with E-state index in [1.165, 1.54) is 32.4 Å². The van der Waals surface area contributed by atoms with Crippen molar-refractivity contribution in [3.05, 3.63) is 51.6 Å². The summed E-state index contributed by atoms with van der Waals surface area (Å²) in [5.41, 5.74) is 1.64. The molecule has 1 atom stereocenters. The van der Waals surface area contributed by atoms with Crippen LogP contribution in [0.1, 0.15) is 49.4 Å². The van der Waals surface area contributed by atoms with Crippen LogP contribution in [0.2, 0.25) is 5.15 Å². The van der Waals surface area contributed by atoms with Gasteiger partial charge in [0.05, 0.1) is 23.9 Å². The molecule has 0 aromatic carbocycles. The van der Waals surface area contributed by atoms with Crippen molar-refractivity contribution in [2.75, 3.05) is 7.11 Å². The highest BCUT2D eigenvalue weighted by Crippen LogP contribution is 2.21. The smallest absolute Gasteiger partial charge is 0.340 e. The maximum Gasteiger partial charge on any atom is 0.340 e. The van der Waals surface area contributed by atoms with E-state index in [9.17, 15) is 14.4 Å². The van der Waals surface area contributed by atoms with Gasteiger partial charge in [-0.1, -0.05) is 11.6 Å². The van der Waals surface area contributed by atoms with Crippen LogP contribution in [0.4, 0.5) is 0 Å². The summed E-state index contributed by atoms with van der Waals surface area (Å²) in [7, 11) is 1.26. The molecule has 0 unspecified atom stereocenters. The maximum atomic E-state index is 12.6. The van der Waals surface area contributed by atoms with Crippen LogP contribution >= 0.6 is 11.6 Å². The number of pyridine rings is 1. The fourth-order valence-corrected chi connectivity index (χ4v) is 2.50. The van der Waals surface area contributed by atoms with Gasteiger partial charge in [-0.2, -0.15) is 0 Å². The lowest BCUT2D eigenvalue weighted by atomic mass is 10.1. The third kappa shape index (κ3) is 3.88. The minimum atomic E-state index is -1.05. The fourth-order valence-electron chi connectivity index (χ4n) is 2.39. The number of methoxy groups -OCH3 is 1. The number of Topliss-reactive ketones (excluding diaryl/α,β-unsaturated/α-hetero) is 1. The molecule has 2 aromatic heterocycles. The summed E-state index contributed by atoms with van der Waals surface area (Å²) in [5.74, 6) is -1.69. The molecule has 0 bridgehead atoms. The summed E-state index contributed by atoms with van der Waals surface area (Å²) < 4.78 is 9.89. The van der Waals surface area contributed by atoms with Gasteiger partial charge >= 0.3 is 11.9 Å². The van der Waals surface area contributed by atoms with Gasteiger partial charge in [-0.25, -0.2) is 14.6 Å². The van der Waals surface area contributed by atoms with Gasteiger partial charge in [0.25, 0.3) is 0 Å². The number of aromatic amines is 1. The highest BCUT2D eigenvalue weighted by molar-refractivity contribution is 6.29. The number of ketones is 1. The molecular weight excluding hydrogens is 348 g/mol. The number of aromatic nitrogens is 2. The molecule has 0 radical (unpaired) electrons. The first kappa shape index (κ1) is 18.7. The number of hydrogen-bond donors (Lipinski definition) is 1. The second-order valence-corrected chi connectivity index (χ2v) is 5.79. The minimum absolute atomic E-state index is 0.179. The molecular formula is C17H17ClN2O5. The SMILES string of the molecule is COC(=O)c1c(C)[nH]c(C(=O)[C@@H](C)OC(=O)c2ccc(Cl)nc2)c1C. The Balaban J connectivity index is 2.19. The van der Waals surface area contributed by atoms with Crippen LogP contribution < -0.4 is 0 Å². The summed E-state index contributed by atoms with van der Waals surface area (Å²) >= 11 is 5.67. The number of hydrogen-bond acceptors (Lipinski definition) is 6. The first-order valence-corrected chi connectivity index (χ1v) is 7.78. The van der Waals surface area contributed by atoms with E-state index in [1.807, 2.05) is 0 Å². The molecule has 0 saturated heterocycles. The van der Waals surface area contributed by atoms with Gasteiger partial charge in [-0.05, 0) is 38.5 Å². The van der Waals surface area contributed by atoms with Gasteiger partial charge in [0.15, 0.2) is 6.10 Å². The van der Waals surface area contributed by atoms with Gasteiger partial charge in [0.1, 0.15) is 5.15 Å². The van der Waals surface area contributed by atoms with Gasteiger partial charge in [0, 0.05) is 11.9 Å². The highest BCUT2D eigenvalue weighted by atomic mass is 35.5. The topological polar surface area (TPSA) is 98.4 Å². The van der Waals surface area contributed by atoms with E-state index in [1.54, 1.807) is 13.8 Å². The summed E-state index contributed by atoms with van der Waals surface area (Å²) in [6.07, 6.45) is 0.215. The van der Waals surface area contributed by atoms with Crippen LogP contribution in [-0.2, 0) is 9.47 Å². The number of halogens is 1. The molecule has 25 heavy (non-hydrogen) atoms. The Morgan fingerprint density at radius 1 is 1.20 bits per heavy atom. The van der Waals surface area contributed by atoms with Crippen LogP contribution in [0.5, 0.6) is 0 Å². The monoisotopic (exact) mass is 364 g/mol. The molecule has 0 aliphatic carbocycles. The van der Waals surface area contributed by atoms with Crippen LogP contribution in [0.15, 0.2) is 18.3 Å². The number of ether oxygens (including phenoxy) is 2. The largest absolute Gasteiger partial charge is 0.465 e. The molecule has 7 nitrogen and oxygen atoms in total. The number of H-pyrrole nitrogens is 1. The molecule has 2 heterocycles. The lowest BCUT2D eigenvalue weighted by Gasteiger charge is -2.12. The summed E-state index contributed by atoms with van der Waals surface area (Å²) in [4.78, 5) is 43.1. The predicted octanol–water partition coefficient (Wildman–Crippen LogP) is 2.89. The standard InChI is InChI=1S/C17H17ClN2O5/c1-8-13(17(23)24-4)9(2)20-14(8)15(21)10(3)25-16(22)11-5-6-12(18)19-7-11/h5-7,10,20H,1-4H3/t10-/m1/s1. The van der Waals surface area contributed by atoms with E-state index < -0.39 is 23.8 Å². The van der Waals surface area contributed by atoms with Gasteiger partial charge in [-0.15, -0.1) is 0 Å². The van der Waals surface area contributed by atoms with Crippen molar-refractivity contribution in [3.8, 4) is 0 Å². The molecule has 0 saturated carbocycles. The Bertz CT molecular complexity index is 826. The molecule has 1 N–H and O–H groups in total. The third-order valence-corrected chi connectivity index (χ3v) is 3.91. The Morgan fingerprint density at radius 3 is 2.44 bits per heavy atom. The number of carbonyl (C=O) groups excluding carboxylic acids is 3. The Kier molecular flexibility index (Phi) is 5.58. The number of esters is 2. The van der Waals surface area contributed by atoms with Crippen molar-refractivity contribution in [1.82, 2.24) is 9.97 Å². The Morgan fingerprint density at radius 2 is 1.88 bits per heavy atom. The van der Waals surface area contributed by atoms with Crippen LogP contribution in [0.3, 0.4) is 0 Å². The maximum absolute atomic E-state index is 12.6. The Labute approximate surface area is 149 Å².